The topological polar surface area (TPSA) is 269 Å². The molecular weight excluding hydrogens is 1460 g/mol. The minimum atomic E-state index is -3.00. The summed E-state index contributed by atoms with van der Waals surface area (Å²) in [7, 11) is 0. The third kappa shape index (κ3) is 25.7. The summed E-state index contributed by atoms with van der Waals surface area (Å²) in [6.07, 6.45) is 24.9. The zero-order valence-electron chi connectivity index (χ0n) is 63.2. The molecule has 1 N–H and O–H groups in total. The number of amides is 4. The number of carboxylic acids is 1. The van der Waals surface area contributed by atoms with E-state index in [9.17, 15) is 60.2 Å². The highest BCUT2D eigenvalue weighted by Gasteiger charge is 2.38. The Morgan fingerprint density at radius 2 is 0.795 bits per heavy atom. The molecule has 0 spiro atoms. The Balaban J connectivity index is 0.000000209. The zero-order chi connectivity index (χ0) is 78.7. The number of halogens is 6. The van der Waals surface area contributed by atoms with Crippen molar-refractivity contribution in [2.45, 2.75) is 247 Å². The quantitative estimate of drug-likeness (QED) is 0.0324. The minimum Gasteiger partial charge on any atom is -0.481 e. The van der Waals surface area contributed by atoms with Crippen LogP contribution in [0.2, 0.25) is 0 Å². The van der Waals surface area contributed by atoms with Crippen LogP contribution in [0.15, 0.2) is 109 Å². The summed E-state index contributed by atoms with van der Waals surface area (Å²) in [5.74, 6) is -2.76. The van der Waals surface area contributed by atoms with Gasteiger partial charge in [-0.3, -0.25) is 38.5 Å². The number of alkyl halides is 6. The summed E-state index contributed by atoms with van der Waals surface area (Å²) >= 11 is 0. The van der Waals surface area contributed by atoms with Gasteiger partial charge in [0.15, 0.2) is 0 Å². The molecule has 12 rings (SSSR count). The number of ether oxygens (including phenoxy) is 5. The molecule has 30 heteroatoms. The van der Waals surface area contributed by atoms with Gasteiger partial charge in [0.2, 0.25) is 17.6 Å². The number of carboxylic acid groups (broad SMARTS) is 1. The molecule has 7 aromatic rings. The number of nitrogens with zero attached hydrogens (tertiary/aromatic N) is 12. The SMILES string of the molecule is C.C.CC(C)(C)OC(=O)C[C@@H](c1ccc(OC(F)F)nc1)N1CCN(CCCc2ccc3c(n2)CCCC3)C1=O.CC(C)(C)OC(=O)C[C@@H](c1ccc(OC(F)F)nc1)n1ccn(CCCc2ccc3c(n2)CCCC3)c1=O.O=C(O)C[C@@H](c1ccc(OC(F)F)nc1)N1CCN(CCCc2ccc3c(n2)CCCC3)C1=O. The van der Waals surface area contributed by atoms with Crippen molar-refractivity contribution >= 4 is 30.0 Å². The maximum atomic E-state index is 13.4. The second-order valence-electron chi connectivity index (χ2n) is 29.9. The van der Waals surface area contributed by atoms with Crippen molar-refractivity contribution in [3.8, 4) is 17.6 Å². The lowest BCUT2D eigenvalue weighted by atomic mass is 9.95. The van der Waals surface area contributed by atoms with Gasteiger partial charge in [0.1, 0.15) is 11.2 Å². The van der Waals surface area contributed by atoms with Crippen molar-refractivity contribution in [2.75, 3.05) is 39.3 Å². The van der Waals surface area contributed by atoms with Gasteiger partial charge in [-0.1, -0.05) is 51.3 Å². The van der Waals surface area contributed by atoms with E-state index in [1.54, 1.807) is 79.3 Å². The number of carbonyl (C=O) groups is 5. The van der Waals surface area contributed by atoms with Crippen LogP contribution < -0.4 is 19.9 Å². The number of carbonyl (C=O) groups excluding carboxylic acids is 4. The maximum absolute atomic E-state index is 13.4. The Kier molecular flexibility index (Phi) is 31.9. The van der Waals surface area contributed by atoms with Crippen LogP contribution in [0.1, 0.15) is 219 Å². The maximum Gasteiger partial charge on any atom is 0.388 e. The van der Waals surface area contributed by atoms with Crippen LogP contribution in [0.3, 0.4) is 0 Å². The molecule has 7 aromatic heterocycles. The van der Waals surface area contributed by atoms with Gasteiger partial charge in [-0.25, -0.2) is 29.3 Å². The summed E-state index contributed by atoms with van der Waals surface area (Å²) in [5.41, 5.74) is 10.6. The Hall–Kier alpha value is -10.2. The van der Waals surface area contributed by atoms with E-state index in [1.807, 2.05) is 0 Å². The van der Waals surface area contributed by atoms with Crippen molar-refractivity contribution in [3.05, 3.63) is 182 Å². The number of fused-ring (bicyclic) bond motifs is 3. The van der Waals surface area contributed by atoms with E-state index >= 15 is 0 Å². The Labute approximate surface area is 650 Å². The molecule has 0 radical (unpaired) electrons. The minimum absolute atomic E-state index is 0. The Morgan fingerprint density at radius 1 is 0.446 bits per heavy atom. The van der Waals surface area contributed by atoms with Gasteiger partial charge in [-0.2, -0.15) is 26.3 Å². The van der Waals surface area contributed by atoms with Gasteiger partial charge < -0.3 is 48.4 Å². The molecule has 0 aromatic carbocycles. The van der Waals surface area contributed by atoms with Crippen LogP contribution in [0.4, 0.5) is 35.9 Å². The van der Waals surface area contributed by atoms with Gasteiger partial charge in [0, 0.05) is 129 Å². The molecule has 3 atom stereocenters. The van der Waals surface area contributed by atoms with Gasteiger partial charge >= 0.3 is 55.5 Å². The molecule has 4 amide bonds. The predicted octanol–water partition coefficient (Wildman–Crippen LogP) is 15.1. The molecule has 0 saturated carbocycles. The summed E-state index contributed by atoms with van der Waals surface area (Å²) in [5, 5.41) is 9.38. The lowest BCUT2D eigenvalue weighted by Gasteiger charge is -2.29. The molecule has 0 unspecified atom stereocenters. The van der Waals surface area contributed by atoms with Crippen molar-refractivity contribution in [2.24, 2.45) is 0 Å². The molecule has 24 nitrogen and oxygen atoms in total. The van der Waals surface area contributed by atoms with Crippen LogP contribution in [0, 0.1) is 0 Å². The van der Waals surface area contributed by atoms with E-state index < -0.39 is 67.1 Å². The van der Waals surface area contributed by atoms with E-state index in [0.29, 0.717) is 62.5 Å². The molecule has 5 aliphatic rings. The molecule has 2 fully saturated rings. The van der Waals surface area contributed by atoms with Crippen molar-refractivity contribution in [3.63, 3.8) is 0 Å². The standard InChI is InChI=1S/C28H36F2N4O4.C28H34F2N4O4.C24H28F2N4O4.2CH4/c2*1-28(2,3)38-25(35)17-23(20-11-13-24(31-18-20)37-26(29)30)34-16-15-33(27(34)36)14-6-8-21-12-10-19-7-4-5-9-22(19)32-21;25-23(26)34-21-10-8-17(15-27-21)20(14-22(31)32)30-13-12-29(24(30)33)11-3-5-18-9-7-16-4-1-2-6-19(16)28-18;;/h10-13,18,23,26H,4-9,14-17H2,1-3H3;10-13,15-16,18,23,26H,4-9,14,17H2,1-3H3;7-10,15,20,23H,1-6,11-14H2,(H,31,32);2*1H4/t2*23-;20-;;/m000../s1. The highest BCUT2D eigenvalue weighted by Crippen LogP contribution is 2.34. The number of pyridine rings is 6. The van der Waals surface area contributed by atoms with Gasteiger partial charge in [0.05, 0.1) is 37.4 Å². The Bertz CT molecular complexity index is 4290. The largest absolute Gasteiger partial charge is 0.481 e. The molecule has 9 heterocycles. The number of esters is 2. The third-order valence-corrected chi connectivity index (χ3v) is 19.5. The molecule has 3 aliphatic carbocycles. The number of aromatic nitrogens is 8. The average molecular weight is 1570 g/mol. The van der Waals surface area contributed by atoms with Gasteiger partial charge in [0.25, 0.3) is 0 Å². The normalized spacial score (nSPS) is 15.5. The monoisotopic (exact) mass is 1560 g/mol. The van der Waals surface area contributed by atoms with Crippen LogP contribution in [-0.4, -0.2) is 164 Å². The van der Waals surface area contributed by atoms with Gasteiger partial charge in [-0.15, -0.1) is 0 Å². The predicted molar refractivity (Wildman–Crippen MR) is 407 cm³/mol. The van der Waals surface area contributed by atoms with E-state index in [2.05, 4.69) is 65.6 Å². The number of imidazole rings is 1. The smallest absolute Gasteiger partial charge is 0.388 e. The number of urea groups is 2. The van der Waals surface area contributed by atoms with E-state index in [4.69, 9.17) is 24.4 Å². The first-order valence-electron chi connectivity index (χ1n) is 37.8. The fourth-order valence-corrected chi connectivity index (χ4v) is 14.4. The lowest BCUT2D eigenvalue weighted by molar-refractivity contribution is -0.157. The number of hydrogen-bond donors (Lipinski definition) is 1. The molecule has 2 aliphatic heterocycles. The molecule has 608 valence electrons. The number of rotatable bonds is 30. The molecule has 112 heavy (non-hydrogen) atoms. The Morgan fingerprint density at radius 3 is 1.14 bits per heavy atom. The fourth-order valence-electron chi connectivity index (χ4n) is 14.4. The van der Waals surface area contributed by atoms with E-state index in [1.165, 1.54) is 131 Å². The first-order chi connectivity index (χ1) is 52.6. The molecule has 0 bridgehead atoms. The van der Waals surface area contributed by atoms with Crippen LogP contribution in [0.25, 0.3) is 0 Å². The number of aryl methyl sites for hydroxylation is 10. The van der Waals surface area contributed by atoms with E-state index in [0.717, 1.165) is 94.1 Å². The molecular formula is C82H106F6N12O12. The van der Waals surface area contributed by atoms with Crippen LogP contribution in [0.5, 0.6) is 17.6 Å². The summed E-state index contributed by atoms with van der Waals surface area (Å²) < 4.78 is 102. The van der Waals surface area contributed by atoms with Crippen molar-refractivity contribution in [1.29, 1.82) is 0 Å². The zero-order valence-corrected chi connectivity index (χ0v) is 63.2. The van der Waals surface area contributed by atoms with E-state index in [-0.39, 0.29) is 69.5 Å². The number of hydrogen-bond acceptors (Lipinski definition) is 17. The molecule has 2 saturated heterocycles. The second kappa shape index (κ2) is 40.9. The second-order valence-corrected chi connectivity index (χ2v) is 29.9. The first-order valence-corrected chi connectivity index (χ1v) is 37.8. The van der Waals surface area contributed by atoms with Crippen LogP contribution >= 0.6 is 0 Å². The third-order valence-electron chi connectivity index (χ3n) is 19.5. The van der Waals surface area contributed by atoms with Gasteiger partial charge in [-0.05, 0) is 209 Å². The highest BCUT2D eigenvalue weighted by atomic mass is 19.3. The van der Waals surface area contributed by atoms with Crippen molar-refractivity contribution in [1.82, 2.24) is 58.6 Å². The highest BCUT2D eigenvalue weighted by molar-refractivity contribution is 5.79. The van der Waals surface area contributed by atoms with Crippen molar-refractivity contribution < 1.29 is 79.1 Å². The van der Waals surface area contributed by atoms with Crippen LogP contribution in [-0.2, 0) is 88.2 Å². The summed E-state index contributed by atoms with van der Waals surface area (Å²) in [6.45, 7) is 5.06. The average Bonchev–Trinajstić information content (AvgIpc) is 1.67. The number of aliphatic carboxylic acids is 1. The first kappa shape index (κ1) is 87.4. The summed E-state index contributed by atoms with van der Waals surface area (Å²) in [4.78, 5) is 109. The fraction of sp³-hybridized carbons (Fsp3) is 0.537. The lowest BCUT2D eigenvalue weighted by Crippen LogP contribution is -2.37. The summed E-state index contributed by atoms with van der Waals surface area (Å²) in [6, 6.07) is 18.6.